The van der Waals surface area contributed by atoms with Crippen LogP contribution in [0.2, 0.25) is 0 Å². The maximum Gasteiger partial charge on any atom is 0.308 e. The molecule has 0 atom stereocenters. The standard InChI is InChI=1S/C16H14N2O4/c1-11-4-3-5-14(17-11)7-6-13-10-15(18(20)21)8-9-16(13)22-12(2)19/h3-10H,1-2H3. The van der Waals surface area contributed by atoms with E-state index < -0.39 is 10.9 Å². The number of non-ortho nitro benzene ring substituents is 1. The highest BCUT2D eigenvalue weighted by Crippen LogP contribution is 2.26. The number of ether oxygens (including phenoxy) is 1. The van der Waals surface area contributed by atoms with E-state index in [2.05, 4.69) is 4.98 Å². The lowest BCUT2D eigenvalue weighted by molar-refractivity contribution is -0.384. The molecule has 112 valence electrons. The zero-order valence-electron chi connectivity index (χ0n) is 12.1. The third-order valence-electron chi connectivity index (χ3n) is 2.80. The van der Waals surface area contributed by atoms with Gasteiger partial charge in [0, 0.05) is 30.3 Å². The van der Waals surface area contributed by atoms with Gasteiger partial charge in [0.2, 0.25) is 0 Å². The van der Waals surface area contributed by atoms with E-state index in [9.17, 15) is 14.9 Å². The average molecular weight is 298 g/mol. The Morgan fingerprint density at radius 3 is 2.68 bits per heavy atom. The second-order valence-electron chi connectivity index (χ2n) is 4.61. The number of hydrogen-bond acceptors (Lipinski definition) is 5. The summed E-state index contributed by atoms with van der Waals surface area (Å²) in [6, 6.07) is 9.59. The van der Waals surface area contributed by atoms with Crippen molar-refractivity contribution in [1.29, 1.82) is 0 Å². The van der Waals surface area contributed by atoms with E-state index in [0.717, 1.165) is 5.69 Å². The summed E-state index contributed by atoms with van der Waals surface area (Å²) in [7, 11) is 0. The minimum atomic E-state index is -0.500. The van der Waals surface area contributed by atoms with Gasteiger partial charge < -0.3 is 4.74 Å². The summed E-state index contributed by atoms with van der Waals surface area (Å²) in [4.78, 5) is 25.8. The average Bonchev–Trinajstić information content (AvgIpc) is 2.45. The predicted molar refractivity (Wildman–Crippen MR) is 82.3 cm³/mol. The Morgan fingerprint density at radius 2 is 2.05 bits per heavy atom. The highest BCUT2D eigenvalue weighted by Gasteiger charge is 2.11. The van der Waals surface area contributed by atoms with Crippen molar-refractivity contribution < 1.29 is 14.5 Å². The molecule has 0 radical (unpaired) electrons. The number of nitro groups is 1. The van der Waals surface area contributed by atoms with Crippen molar-refractivity contribution in [1.82, 2.24) is 4.98 Å². The topological polar surface area (TPSA) is 82.3 Å². The molecule has 0 spiro atoms. The van der Waals surface area contributed by atoms with Crippen LogP contribution in [0.15, 0.2) is 36.4 Å². The molecule has 22 heavy (non-hydrogen) atoms. The zero-order valence-corrected chi connectivity index (χ0v) is 12.1. The number of carbonyl (C=O) groups excluding carboxylic acids is 1. The molecular weight excluding hydrogens is 284 g/mol. The summed E-state index contributed by atoms with van der Waals surface area (Å²) in [5.41, 5.74) is 1.93. The molecule has 0 amide bonds. The molecule has 0 fully saturated rings. The highest BCUT2D eigenvalue weighted by molar-refractivity contribution is 5.76. The molecule has 6 heteroatoms. The lowest BCUT2D eigenvalue weighted by atomic mass is 10.1. The summed E-state index contributed by atoms with van der Waals surface area (Å²) in [6.45, 7) is 3.14. The molecule has 1 aromatic carbocycles. The molecule has 2 aromatic rings. The second kappa shape index (κ2) is 6.62. The van der Waals surface area contributed by atoms with E-state index in [1.807, 2.05) is 25.1 Å². The molecule has 6 nitrogen and oxygen atoms in total. The summed E-state index contributed by atoms with van der Waals surface area (Å²) in [5.74, 6) is -0.223. The van der Waals surface area contributed by atoms with Crippen molar-refractivity contribution in [2.45, 2.75) is 13.8 Å². The summed E-state index contributed by atoms with van der Waals surface area (Å²) in [5, 5.41) is 10.9. The molecule has 0 aliphatic heterocycles. The van der Waals surface area contributed by atoms with Gasteiger partial charge in [-0.05, 0) is 37.3 Å². The largest absolute Gasteiger partial charge is 0.426 e. The van der Waals surface area contributed by atoms with E-state index in [0.29, 0.717) is 11.3 Å². The number of esters is 1. The Bertz CT molecular complexity index is 754. The van der Waals surface area contributed by atoms with Crippen LogP contribution in [0.25, 0.3) is 12.2 Å². The van der Waals surface area contributed by atoms with Crippen molar-refractivity contribution in [3.63, 3.8) is 0 Å². The number of nitro benzene ring substituents is 1. The Balaban J connectivity index is 2.39. The number of aryl methyl sites for hydroxylation is 1. The van der Waals surface area contributed by atoms with Gasteiger partial charge in [-0.1, -0.05) is 6.07 Å². The van der Waals surface area contributed by atoms with Gasteiger partial charge in [0.15, 0.2) is 0 Å². The zero-order chi connectivity index (χ0) is 16.1. The summed E-state index contributed by atoms with van der Waals surface area (Å²) < 4.78 is 5.06. The molecule has 0 saturated heterocycles. The predicted octanol–water partition coefficient (Wildman–Crippen LogP) is 3.39. The van der Waals surface area contributed by atoms with Gasteiger partial charge >= 0.3 is 5.97 Å². The van der Waals surface area contributed by atoms with Crippen LogP contribution in [-0.4, -0.2) is 15.9 Å². The van der Waals surface area contributed by atoms with E-state index in [4.69, 9.17) is 4.74 Å². The van der Waals surface area contributed by atoms with Crippen LogP contribution in [0.4, 0.5) is 5.69 Å². The van der Waals surface area contributed by atoms with Gasteiger partial charge in [-0.25, -0.2) is 0 Å². The van der Waals surface area contributed by atoms with Crippen LogP contribution >= 0.6 is 0 Å². The molecule has 1 aromatic heterocycles. The minimum absolute atomic E-state index is 0.0762. The Kier molecular flexibility index (Phi) is 4.63. The maximum atomic E-state index is 11.1. The fourth-order valence-electron chi connectivity index (χ4n) is 1.86. The fraction of sp³-hybridized carbons (Fsp3) is 0.125. The molecule has 1 heterocycles. The van der Waals surface area contributed by atoms with Crippen LogP contribution in [0, 0.1) is 17.0 Å². The van der Waals surface area contributed by atoms with Gasteiger partial charge in [0.05, 0.1) is 10.6 Å². The van der Waals surface area contributed by atoms with Gasteiger partial charge in [-0.3, -0.25) is 19.9 Å². The molecule has 0 aliphatic carbocycles. The first kappa shape index (κ1) is 15.4. The van der Waals surface area contributed by atoms with E-state index in [-0.39, 0.29) is 11.4 Å². The van der Waals surface area contributed by atoms with Gasteiger partial charge in [0.25, 0.3) is 5.69 Å². The monoisotopic (exact) mass is 298 g/mol. The number of aromatic nitrogens is 1. The highest BCUT2D eigenvalue weighted by atomic mass is 16.6. The van der Waals surface area contributed by atoms with E-state index in [1.165, 1.54) is 25.1 Å². The van der Waals surface area contributed by atoms with E-state index in [1.54, 1.807) is 12.2 Å². The van der Waals surface area contributed by atoms with Crippen LogP contribution in [-0.2, 0) is 4.79 Å². The molecular formula is C16H14N2O4. The van der Waals surface area contributed by atoms with Crippen LogP contribution in [0.5, 0.6) is 5.75 Å². The quantitative estimate of drug-likeness (QED) is 0.374. The molecule has 0 aliphatic rings. The van der Waals surface area contributed by atoms with Gasteiger partial charge in [-0.15, -0.1) is 0 Å². The Morgan fingerprint density at radius 1 is 1.27 bits per heavy atom. The molecule has 0 bridgehead atoms. The SMILES string of the molecule is CC(=O)Oc1ccc([N+](=O)[O-])cc1C=Cc1cccc(C)n1. The van der Waals surface area contributed by atoms with Gasteiger partial charge in [0.1, 0.15) is 5.75 Å². The van der Waals surface area contributed by atoms with Crippen molar-refractivity contribution in [3.05, 3.63) is 63.5 Å². The van der Waals surface area contributed by atoms with Crippen molar-refractivity contribution in [3.8, 4) is 5.75 Å². The smallest absolute Gasteiger partial charge is 0.308 e. The third-order valence-corrected chi connectivity index (χ3v) is 2.80. The van der Waals surface area contributed by atoms with Crippen molar-refractivity contribution in [2.24, 2.45) is 0 Å². The van der Waals surface area contributed by atoms with Crippen LogP contribution < -0.4 is 4.74 Å². The first-order chi connectivity index (χ1) is 10.5. The molecule has 2 rings (SSSR count). The number of carbonyl (C=O) groups is 1. The normalized spacial score (nSPS) is 10.6. The lowest BCUT2D eigenvalue weighted by Crippen LogP contribution is -2.03. The molecule has 0 unspecified atom stereocenters. The first-order valence-corrected chi connectivity index (χ1v) is 6.54. The number of rotatable bonds is 4. The Hall–Kier alpha value is -3.02. The first-order valence-electron chi connectivity index (χ1n) is 6.54. The molecule has 0 saturated carbocycles. The maximum absolute atomic E-state index is 11.1. The third kappa shape index (κ3) is 3.99. The van der Waals surface area contributed by atoms with Crippen LogP contribution in [0.1, 0.15) is 23.9 Å². The van der Waals surface area contributed by atoms with Crippen LogP contribution in [0.3, 0.4) is 0 Å². The lowest BCUT2D eigenvalue weighted by Gasteiger charge is -2.05. The second-order valence-corrected chi connectivity index (χ2v) is 4.61. The summed E-state index contributed by atoms with van der Waals surface area (Å²) >= 11 is 0. The van der Waals surface area contributed by atoms with Crippen molar-refractivity contribution in [2.75, 3.05) is 0 Å². The van der Waals surface area contributed by atoms with Gasteiger partial charge in [-0.2, -0.15) is 0 Å². The Labute approximate surface area is 127 Å². The number of benzene rings is 1. The number of nitrogens with zero attached hydrogens (tertiary/aromatic N) is 2. The van der Waals surface area contributed by atoms with Crippen molar-refractivity contribution >= 4 is 23.8 Å². The number of hydrogen-bond donors (Lipinski definition) is 0. The number of pyridine rings is 1. The minimum Gasteiger partial charge on any atom is -0.426 e. The summed E-state index contributed by atoms with van der Waals surface area (Å²) in [6.07, 6.45) is 3.34. The fourth-order valence-corrected chi connectivity index (χ4v) is 1.86. The molecule has 0 N–H and O–H groups in total. The van der Waals surface area contributed by atoms with E-state index >= 15 is 0 Å².